The molecule has 1 N–H and O–H groups in total. The van der Waals surface area contributed by atoms with E-state index in [0.717, 1.165) is 24.6 Å². The van der Waals surface area contributed by atoms with E-state index in [4.69, 9.17) is 0 Å². The van der Waals surface area contributed by atoms with Crippen LogP contribution in [0.1, 0.15) is 115 Å². The predicted molar refractivity (Wildman–Crippen MR) is 143 cm³/mol. The average molecular weight is 614 g/mol. The van der Waals surface area contributed by atoms with Crippen molar-refractivity contribution in [2.75, 3.05) is 0 Å². The molecule has 2 rings (SSSR count). The minimum atomic E-state index is -4.48. The average Bonchev–Trinajstić information content (AvgIpc) is 2.76. The summed E-state index contributed by atoms with van der Waals surface area (Å²) < 4.78 is 35.4. The summed E-state index contributed by atoms with van der Waals surface area (Å²) in [5.74, 6) is 0. The van der Waals surface area contributed by atoms with E-state index in [2.05, 4.69) is 19.9 Å². The fourth-order valence-electron chi connectivity index (χ4n) is 4.62. The molecule has 0 aromatic heterocycles. The summed E-state index contributed by atoms with van der Waals surface area (Å²) in [5.41, 5.74) is 2.56. The molecular formula is C28H44BaO4S. The van der Waals surface area contributed by atoms with E-state index in [9.17, 15) is 13.0 Å². The minimum Gasteiger partial charge on any atom is -0.870 e. The van der Waals surface area contributed by atoms with Crippen molar-refractivity contribution < 1.29 is 18.4 Å². The Labute approximate surface area is 248 Å². The molecule has 0 aliphatic carbocycles. The molecule has 2 aromatic rings. The first-order valence-electron chi connectivity index (χ1n) is 13.0. The zero-order valence-electron chi connectivity index (χ0n) is 21.5. The molecule has 34 heavy (non-hydrogen) atoms. The Kier molecular flexibility index (Phi) is 19.4. The molecule has 0 fully saturated rings. The van der Waals surface area contributed by atoms with Gasteiger partial charge in [-0.2, -0.15) is 0 Å². The molecule has 0 saturated carbocycles. The quantitative estimate of drug-likeness (QED) is 0.104. The van der Waals surface area contributed by atoms with Gasteiger partial charge in [0.15, 0.2) is 0 Å². The van der Waals surface area contributed by atoms with Crippen LogP contribution in [0.15, 0.2) is 35.2 Å². The van der Waals surface area contributed by atoms with E-state index in [1.54, 1.807) is 6.07 Å². The number of aryl methyl sites for hydroxylation is 2. The van der Waals surface area contributed by atoms with Crippen molar-refractivity contribution in [3.63, 3.8) is 0 Å². The third kappa shape index (κ3) is 12.4. The van der Waals surface area contributed by atoms with Gasteiger partial charge in [0.25, 0.3) is 0 Å². The third-order valence-electron chi connectivity index (χ3n) is 6.53. The van der Waals surface area contributed by atoms with Crippen LogP contribution < -0.4 is 0 Å². The van der Waals surface area contributed by atoms with E-state index < -0.39 is 10.1 Å². The summed E-state index contributed by atoms with van der Waals surface area (Å²) in [4.78, 5) is -0.0849. The maximum atomic E-state index is 11.8. The maximum absolute atomic E-state index is 11.8. The molecule has 0 unspecified atom stereocenters. The molecule has 0 aliphatic rings. The number of hydrogen-bond acceptors (Lipinski definition) is 4. The number of fused-ring (bicyclic) bond motifs is 1. The molecule has 0 amide bonds. The van der Waals surface area contributed by atoms with Crippen LogP contribution in [0.2, 0.25) is 0 Å². The number of benzene rings is 2. The zero-order chi connectivity index (χ0) is 23.2. The van der Waals surface area contributed by atoms with Gasteiger partial charge in [-0.25, -0.2) is 8.42 Å². The van der Waals surface area contributed by atoms with Crippen LogP contribution in [0.4, 0.5) is 0 Å². The van der Waals surface area contributed by atoms with Crippen molar-refractivity contribution in [2.45, 2.75) is 121 Å². The first kappa shape index (κ1) is 34.1. The van der Waals surface area contributed by atoms with Crippen LogP contribution in [0.25, 0.3) is 10.8 Å². The van der Waals surface area contributed by atoms with Crippen LogP contribution in [-0.2, 0) is 23.0 Å². The second-order valence-electron chi connectivity index (χ2n) is 9.29. The second kappa shape index (κ2) is 19.3. The van der Waals surface area contributed by atoms with Gasteiger partial charge in [0, 0.05) is 0 Å². The molecule has 0 aliphatic heterocycles. The Bertz CT molecular complexity index is 912. The van der Waals surface area contributed by atoms with E-state index in [1.807, 2.05) is 12.1 Å². The molecule has 2 aromatic carbocycles. The van der Waals surface area contributed by atoms with Gasteiger partial charge < -0.3 is 10.0 Å². The van der Waals surface area contributed by atoms with Gasteiger partial charge >= 0.3 is 48.9 Å². The molecule has 0 bridgehead atoms. The predicted octanol–water partition coefficient (Wildman–Crippen LogP) is 7.77. The molecule has 0 heterocycles. The molecule has 0 radical (unpaired) electrons. The molecular weight excluding hydrogens is 570 g/mol. The summed E-state index contributed by atoms with van der Waals surface area (Å²) >= 11 is 0. The molecule has 0 spiro atoms. The molecule has 0 saturated heterocycles. The van der Waals surface area contributed by atoms with Crippen LogP contribution >= 0.6 is 0 Å². The summed E-state index contributed by atoms with van der Waals surface area (Å²) in [5, 5.41) is 1.45. The van der Waals surface area contributed by atoms with Gasteiger partial charge in [-0.15, -0.1) is 0 Å². The van der Waals surface area contributed by atoms with Crippen LogP contribution in [-0.4, -0.2) is 67.3 Å². The Morgan fingerprint density at radius 1 is 0.676 bits per heavy atom. The fraction of sp³-hybridized carbons (Fsp3) is 0.643. The first-order valence-corrected chi connectivity index (χ1v) is 14.4. The summed E-state index contributed by atoms with van der Waals surface area (Å²) in [6.45, 7) is 4.48. The van der Waals surface area contributed by atoms with Crippen LogP contribution in [0.3, 0.4) is 0 Å². The zero-order valence-corrected chi connectivity index (χ0v) is 26.7. The Balaban J connectivity index is 0.00000544. The minimum absolute atomic E-state index is 0. The second-order valence-corrected chi connectivity index (χ2v) is 10.6. The topological polar surface area (TPSA) is 87.2 Å². The molecule has 188 valence electrons. The SMILES string of the molecule is CCCCCCCCCc1cc2cccc(S(=O)(=O)[O-])c2cc1CCCCCCCCC.[Ba+2].[OH-]. The van der Waals surface area contributed by atoms with Gasteiger partial charge in [-0.1, -0.05) is 109 Å². The molecule has 0 atom stereocenters. The standard InChI is InChI=1S/C28H44O3S.Ba.H2O/c1-3-5-7-9-11-13-15-18-24-22-26-20-17-21-28(32(29,30)31)27(26)23-25(24)19-16-14-12-10-8-6-4-2;;/h17,20-23H,3-16,18-19H2,1-2H3,(H,29,30,31);;1H2/q;+2;/p-2. The van der Waals surface area contributed by atoms with Gasteiger partial charge in [0.2, 0.25) is 0 Å². The largest absolute Gasteiger partial charge is 2.00 e. The van der Waals surface area contributed by atoms with Crippen molar-refractivity contribution in [1.82, 2.24) is 0 Å². The van der Waals surface area contributed by atoms with E-state index in [-0.39, 0.29) is 59.3 Å². The maximum Gasteiger partial charge on any atom is 2.00 e. The normalized spacial score (nSPS) is 11.3. The fourth-order valence-corrected chi connectivity index (χ4v) is 5.31. The monoisotopic (exact) mass is 614 g/mol. The summed E-state index contributed by atoms with van der Waals surface area (Å²) in [7, 11) is -4.48. The number of rotatable bonds is 17. The Morgan fingerprint density at radius 3 is 1.59 bits per heavy atom. The number of unbranched alkanes of at least 4 members (excludes halogenated alkanes) is 12. The van der Waals surface area contributed by atoms with Gasteiger partial charge in [0.05, 0.1) is 4.90 Å². The van der Waals surface area contributed by atoms with Gasteiger partial charge in [-0.3, -0.25) is 0 Å². The van der Waals surface area contributed by atoms with Crippen LogP contribution in [0.5, 0.6) is 0 Å². The Hall–Kier alpha value is 0.141. The smallest absolute Gasteiger partial charge is 0.870 e. The van der Waals surface area contributed by atoms with Crippen molar-refractivity contribution in [1.29, 1.82) is 0 Å². The molecule has 6 heteroatoms. The first-order chi connectivity index (χ1) is 15.5. The molecule has 4 nitrogen and oxygen atoms in total. The summed E-state index contributed by atoms with van der Waals surface area (Å²) in [6, 6.07) is 9.18. The summed E-state index contributed by atoms with van der Waals surface area (Å²) in [6.07, 6.45) is 19.8. The Morgan fingerprint density at radius 2 is 1.12 bits per heavy atom. The van der Waals surface area contributed by atoms with Gasteiger partial charge in [-0.05, 0) is 59.7 Å². The van der Waals surface area contributed by atoms with Crippen molar-refractivity contribution in [3.8, 4) is 0 Å². The van der Waals surface area contributed by atoms with E-state index in [1.165, 1.54) is 101 Å². The van der Waals surface area contributed by atoms with E-state index in [0.29, 0.717) is 5.39 Å². The third-order valence-corrected chi connectivity index (χ3v) is 7.42. The van der Waals surface area contributed by atoms with Crippen molar-refractivity contribution in [2.24, 2.45) is 0 Å². The van der Waals surface area contributed by atoms with Crippen LogP contribution in [0, 0.1) is 0 Å². The van der Waals surface area contributed by atoms with Crippen molar-refractivity contribution in [3.05, 3.63) is 41.5 Å². The van der Waals surface area contributed by atoms with E-state index >= 15 is 0 Å². The number of hydrogen-bond donors (Lipinski definition) is 0. The van der Waals surface area contributed by atoms with Crippen molar-refractivity contribution >= 4 is 69.8 Å². The van der Waals surface area contributed by atoms with Gasteiger partial charge in [0.1, 0.15) is 10.1 Å².